The molecule has 0 bridgehead atoms. The summed E-state index contributed by atoms with van der Waals surface area (Å²) in [5, 5.41) is 20.1. The Bertz CT molecular complexity index is 1910. The van der Waals surface area contributed by atoms with Crippen molar-refractivity contribution in [2.75, 3.05) is 33.6 Å². The summed E-state index contributed by atoms with van der Waals surface area (Å²) in [6.45, 7) is 0. The maximum Gasteiger partial charge on any atom is 0.323 e. The zero-order chi connectivity index (χ0) is 32.2. The van der Waals surface area contributed by atoms with Gasteiger partial charge in [-0.25, -0.2) is 4.79 Å². The van der Waals surface area contributed by atoms with Gasteiger partial charge < -0.3 is 33.6 Å². The topological polar surface area (TPSA) is 303 Å². The van der Waals surface area contributed by atoms with Crippen LogP contribution in [0.5, 0.6) is 0 Å². The van der Waals surface area contributed by atoms with Gasteiger partial charge in [-0.2, -0.15) is 16.8 Å². The quantitative estimate of drug-likeness (QED) is 0.0720. The molecule has 0 spiro atoms. The summed E-state index contributed by atoms with van der Waals surface area (Å²) in [7, 11) is -9.67. The van der Waals surface area contributed by atoms with E-state index < -0.39 is 36.1 Å². The van der Waals surface area contributed by atoms with Crippen LogP contribution in [0.2, 0.25) is 0 Å². The number of nitrogens with one attached hydrogen (secondary N) is 2. The zero-order valence-corrected chi connectivity index (χ0v) is 23.9. The lowest BCUT2D eigenvalue weighted by atomic mass is 10.2. The van der Waals surface area contributed by atoms with E-state index >= 15 is 0 Å². The van der Waals surface area contributed by atoms with Gasteiger partial charge in [0, 0.05) is 22.7 Å². The number of urea groups is 1. The Morgan fingerprint density at radius 1 is 0.545 bits per heavy atom. The van der Waals surface area contributed by atoms with E-state index in [1.54, 1.807) is 0 Å². The van der Waals surface area contributed by atoms with Crippen molar-refractivity contribution in [3.63, 3.8) is 0 Å². The molecule has 2 amide bonds. The predicted octanol–water partition coefficient (Wildman–Crippen LogP) is 4.98. The van der Waals surface area contributed by atoms with E-state index in [1.165, 1.54) is 60.7 Å². The molecule has 4 rings (SSSR count). The smallest absolute Gasteiger partial charge is 0.323 e. The number of hydrogen-bond acceptors (Lipinski definition) is 13. The molecule has 0 unspecified atom stereocenters. The minimum absolute atomic E-state index is 0.0948. The molecule has 228 valence electrons. The number of benzene rings is 4. The highest BCUT2D eigenvalue weighted by Crippen LogP contribution is 2.33. The fraction of sp³-hybridized carbons (Fsp3) is 0. The molecule has 0 saturated carbocycles. The number of azo groups is 2. The summed E-state index contributed by atoms with van der Waals surface area (Å²) in [5.41, 5.74) is 23.7. The average molecular weight is 641 g/mol. The number of amides is 2. The summed E-state index contributed by atoms with van der Waals surface area (Å²) < 4.78 is 67.5. The van der Waals surface area contributed by atoms with Gasteiger partial charge in [0.25, 0.3) is 20.2 Å². The lowest BCUT2D eigenvalue weighted by molar-refractivity contribution is 0.262. The molecule has 0 aliphatic rings. The highest BCUT2D eigenvalue weighted by atomic mass is 32.2. The standard InChI is InChI=1S/C25H24N10O7S2/c26-13-1-5-19(17(28)9-13)32-34-21-7-3-15(11-23(21)43(37,38)39)30-25(36)31-16-4-8-22(24(12-16)44(40,41)42)35-33-20-6-2-14(27)10-18(20)29/h1-12H,26-29H2,(H2,30,31,36)(H,37,38,39)(H,40,41,42). The van der Waals surface area contributed by atoms with Crippen LogP contribution in [-0.2, 0) is 20.2 Å². The number of hydrogen-bond donors (Lipinski definition) is 8. The number of carbonyl (C=O) groups is 1. The number of anilines is 6. The Morgan fingerprint density at radius 2 is 0.886 bits per heavy atom. The van der Waals surface area contributed by atoms with Crippen LogP contribution in [0.1, 0.15) is 0 Å². The largest absolute Gasteiger partial charge is 0.399 e. The number of nitrogens with zero attached hydrogens (tertiary/aromatic N) is 4. The molecular weight excluding hydrogens is 616 g/mol. The molecule has 19 heteroatoms. The van der Waals surface area contributed by atoms with Crippen molar-refractivity contribution >= 4 is 83.1 Å². The van der Waals surface area contributed by atoms with Gasteiger partial charge in [-0.05, 0) is 72.8 Å². The Morgan fingerprint density at radius 3 is 1.23 bits per heavy atom. The Kier molecular flexibility index (Phi) is 8.76. The van der Waals surface area contributed by atoms with Crippen molar-refractivity contribution < 1.29 is 30.7 Å². The van der Waals surface area contributed by atoms with Crippen molar-refractivity contribution in [2.24, 2.45) is 20.5 Å². The van der Waals surface area contributed by atoms with Gasteiger partial charge in [-0.1, -0.05) is 0 Å². The van der Waals surface area contributed by atoms with E-state index in [4.69, 9.17) is 22.9 Å². The van der Waals surface area contributed by atoms with Crippen molar-refractivity contribution in [2.45, 2.75) is 9.79 Å². The van der Waals surface area contributed by atoms with Crippen molar-refractivity contribution in [3.05, 3.63) is 72.8 Å². The van der Waals surface area contributed by atoms with Crippen LogP contribution in [0.4, 0.5) is 61.7 Å². The van der Waals surface area contributed by atoms with Gasteiger partial charge in [0.15, 0.2) is 0 Å². The first-order chi connectivity index (χ1) is 20.6. The molecule has 17 nitrogen and oxygen atoms in total. The molecule has 0 saturated heterocycles. The lowest BCUT2D eigenvalue weighted by Crippen LogP contribution is -2.19. The molecule has 0 radical (unpaired) electrons. The van der Waals surface area contributed by atoms with Crippen LogP contribution in [0.25, 0.3) is 0 Å². The van der Waals surface area contributed by atoms with Gasteiger partial charge >= 0.3 is 6.03 Å². The molecule has 0 aromatic heterocycles. The van der Waals surface area contributed by atoms with Gasteiger partial charge in [0.05, 0.1) is 11.4 Å². The zero-order valence-electron chi connectivity index (χ0n) is 22.3. The minimum Gasteiger partial charge on any atom is -0.399 e. The van der Waals surface area contributed by atoms with Crippen LogP contribution in [0.15, 0.2) is 103 Å². The third kappa shape index (κ3) is 7.80. The normalized spacial score (nSPS) is 12.0. The Hall–Kier alpha value is -5.63. The average Bonchev–Trinajstić information content (AvgIpc) is 2.92. The van der Waals surface area contributed by atoms with Crippen LogP contribution in [0.3, 0.4) is 0 Å². The van der Waals surface area contributed by atoms with Crippen LogP contribution < -0.4 is 33.6 Å². The van der Waals surface area contributed by atoms with E-state index in [0.717, 1.165) is 12.1 Å². The van der Waals surface area contributed by atoms with E-state index in [9.17, 15) is 30.7 Å². The van der Waals surface area contributed by atoms with Crippen molar-refractivity contribution in [3.8, 4) is 0 Å². The molecule has 0 aliphatic carbocycles. The van der Waals surface area contributed by atoms with Gasteiger partial charge in [-0.3, -0.25) is 9.11 Å². The molecule has 44 heavy (non-hydrogen) atoms. The molecular formula is C25H24N10O7S2. The van der Waals surface area contributed by atoms with Crippen LogP contribution in [0, 0.1) is 0 Å². The number of carbonyl (C=O) groups excluding carboxylic acids is 1. The molecule has 4 aromatic rings. The third-order valence-corrected chi connectivity index (χ3v) is 7.39. The Labute approximate surface area is 250 Å². The summed E-state index contributed by atoms with van der Waals surface area (Å²) in [4.78, 5) is 11.3. The minimum atomic E-state index is -4.83. The fourth-order valence-electron chi connectivity index (χ4n) is 3.60. The third-order valence-electron chi connectivity index (χ3n) is 5.63. The maximum atomic E-state index is 12.6. The van der Waals surface area contributed by atoms with Crippen molar-refractivity contribution in [1.82, 2.24) is 0 Å². The van der Waals surface area contributed by atoms with E-state index in [1.807, 2.05) is 0 Å². The summed E-state index contributed by atoms with van der Waals surface area (Å²) >= 11 is 0. The number of nitrogens with two attached hydrogens (primary N) is 4. The van der Waals surface area contributed by atoms with E-state index in [2.05, 4.69) is 31.1 Å². The van der Waals surface area contributed by atoms with Gasteiger partial charge in [0.1, 0.15) is 32.5 Å². The van der Waals surface area contributed by atoms with Crippen LogP contribution >= 0.6 is 0 Å². The van der Waals surface area contributed by atoms with E-state index in [-0.39, 0.29) is 45.5 Å². The second-order valence-corrected chi connectivity index (χ2v) is 11.7. The van der Waals surface area contributed by atoms with Crippen LogP contribution in [-0.4, -0.2) is 32.0 Å². The van der Waals surface area contributed by atoms with Crippen molar-refractivity contribution in [1.29, 1.82) is 0 Å². The highest BCUT2D eigenvalue weighted by molar-refractivity contribution is 7.86. The number of nitrogen functional groups attached to an aromatic ring is 4. The van der Waals surface area contributed by atoms with E-state index in [0.29, 0.717) is 11.4 Å². The predicted molar refractivity (Wildman–Crippen MR) is 164 cm³/mol. The molecule has 0 fully saturated rings. The molecule has 0 heterocycles. The SMILES string of the molecule is Nc1ccc(N=Nc2ccc(NC(=O)Nc3ccc(N=Nc4ccc(N)cc4N)c(S(=O)(=O)O)c3)cc2S(=O)(=O)O)c(N)c1. The number of rotatable bonds is 8. The second-order valence-electron chi connectivity index (χ2n) is 8.93. The summed E-state index contributed by atoms with van der Waals surface area (Å²) in [6.07, 6.45) is 0. The summed E-state index contributed by atoms with van der Waals surface area (Å²) in [6, 6.07) is 14.6. The summed E-state index contributed by atoms with van der Waals surface area (Å²) in [5.74, 6) is 0. The molecule has 0 aliphatic heterocycles. The first-order valence-corrected chi connectivity index (χ1v) is 14.9. The molecule has 4 aromatic carbocycles. The molecule has 12 N–H and O–H groups in total. The monoisotopic (exact) mass is 640 g/mol. The first-order valence-electron chi connectivity index (χ1n) is 12.0. The van der Waals surface area contributed by atoms with Gasteiger partial charge in [0.2, 0.25) is 0 Å². The maximum absolute atomic E-state index is 12.6. The fourth-order valence-corrected chi connectivity index (χ4v) is 4.90. The van der Waals surface area contributed by atoms with Gasteiger partial charge in [-0.15, -0.1) is 20.5 Å². The molecule has 0 atom stereocenters. The lowest BCUT2D eigenvalue weighted by Gasteiger charge is -2.11. The second kappa shape index (κ2) is 12.3. The first kappa shape index (κ1) is 31.3. The Balaban J connectivity index is 1.55. The highest BCUT2D eigenvalue weighted by Gasteiger charge is 2.19.